The van der Waals surface area contributed by atoms with Gasteiger partial charge in [-0.05, 0) is 61.3 Å². The number of likely N-dealkylation sites (tertiary alicyclic amines) is 1. The number of nitrogens with one attached hydrogen (secondary N) is 1. The van der Waals surface area contributed by atoms with Crippen LogP contribution in [0.15, 0.2) is 54.6 Å². The molecule has 2 aromatic carbocycles. The molecule has 2 atom stereocenters. The van der Waals surface area contributed by atoms with Crippen LogP contribution in [0.2, 0.25) is 0 Å². The van der Waals surface area contributed by atoms with Gasteiger partial charge in [0, 0.05) is 19.5 Å². The Balaban J connectivity index is 1.48. The van der Waals surface area contributed by atoms with Crippen molar-refractivity contribution in [3.8, 4) is 11.8 Å². The van der Waals surface area contributed by atoms with Crippen LogP contribution in [0.3, 0.4) is 0 Å². The highest BCUT2D eigenvalue weighted by Crippen LogP contribution is 2.37. The van der Waals surface area contributed by atoms with Gasteiger partial charge in [0.05, 0.1) is 18.6 Å². The number of unbranched alkanes of at least 4 members (excludes halogenated alkanes) is 1. The monoisotopic (exact) mass is 489 g/mol. The summed E-state index contributed by atoms with van der Waals surface area (Å²) in [5.41, 5.74) is 1.58. The minimum absolute atomic E-state index is 0.0345. The van der Waals surface area contributed by atoms with Gasteiger partial charge in [-0.15, -0.1) is 0 Å². The molecule has 192 valence electrons. The number of nitrogens with zero attached hydrogens (tertiary/aromatic N) is 2. The van der Waals surface area contributed by atoms with Crippen LogP contribution in [0.4, 0.5) is 0 Å². The van der Waals surface area contributed by atoms with Gasteiger partial charge >= 0.3 is 0 Å². The van der Waals surface area contributed by atoms with E-state index in [0.717, 1.165) is 29.7 Å². The van der Waals surface area contributed by atoms with E-state index < -0.39 is 5.41 Å². The molecule has 0 aliphatic carbocycles. The van der Waals surface area contributed by atoms with E-state index in [1.165, 1.54) is 0 Å². The second kappa shape index (κ2) is 13.1. The number of ether oxygens (including phenoxy) is 1. The molecule has 1 unspecified atom stereocenters. The van der Waals surface area contributed by atoms with Crippen molar-refractivity contribution in [2.24, 2.45) is 5.92 Å². The molecule has 1 heterocycles. The molecule has 0 saturated carbocycles. The zero-order valence-corrected chi connectivity index (χ0v) is 21.8. The Morgan fingerprint density at radius 3 is 2.64 bits per heavy atom. The van der Waals surface area contributed by atoms with Crippen LogP contribution in [0.1, 0.15) is 63.5 Å². The van der Waals surface area contributed by atoms with Crippen molar-refractivity contribution in [2.45, 2.75) is 70.3 Å². The predicted octanol–water partition coefficient (Wildman–Crippen LogP) is 5.02. The fourth-order valence-electron chi connectivity index (χ4n) is 5.19. The van der Waals surface area contributed by atoms with E-state index in [1.54, 1.807) is 12.0 Å². The first-order valence-corrected chi connectivity index (χ1v) is 13.1. The first kappa shape index (κ1) is 27.3. The van der Waals surface area contributed by atoms with Crippen molar-refractivity contribution in [1.29, 1.82) is 5.26 Å². The van der Waals surface area contributed by atoms with E-state index in [-0.39, 0.29) is 23.8 Å². The van der Waals surface area contributed by atoms with Crippen molar-refractivity contribution in [2.75, 3.05) is 20.2 Å². The number of rotatable bonds is 12. The molecule has 1 fully saturated rings. The van der Waals surface area contributed by atoms with Gasteiger partial charge in [-0.25, -0.2) is 0 Å². The summed E-state index contributed by atoms with van der Waals surface area (Å²) < 4.78 is 5.26. The van der Waals surface area contributed by atoms with Gasteiger partial charge < -0.3 is 15.0 Å². The van der Waals surface area contributed by atoms with Crippen molar-refractivity contribution in [1.82, 2.24) is 10.2 Å². The Kier molecular flexibility index (Phi) is 9.93. The highest BCUT2D eigenvalue weighted by Gasteiger charge is 2.36. The van der Waals surface area contributed by atoms with E-state index in [0.29, 0.717) is 45.2 Å². The minimum Gasteiger partial charge on any atom is -0.497 e. The molecule has 6 nitrogen and oxygen atoms in total. The van der Waals surface area contributed by atoms with Crippen molar-refractivity contribution in [3.05, 3.63) is 65.7 Å². The third-order valence-electron chi connectivity index (χ3n) is 7.41. The van der Waals surface area contributed by atoms with Crippen molar-refractivity contribution in [3.63, 3.8) is 0 Å². The van der Waals surface area contributed by atoms with Gasteiger partial charge in [0.25, 0.3) is 0 Å². The lowest BCUT2D eigenvalue weighted by atomic mass is 9.69. The summed E-state index contributed by atoms with van der Waals surface area (Å²) in [6.07, 6.45) is 4.88. The van der Waals surface area contributed by atoms with E-state index in [9.17, 15) is 14.9 Å². The number of methoxy groups -OCH3 is 1. The molecular weight excluding hydrogens is 450 g/mol. The molecule has 2 amide bonds. The molecule has 6 heteroatoms. The lowest BCUT2D eigenvalue weighted by molar-refractivity contribution is -0.138. The molecule has 1 saturated heterocycles. The predicted molar refractivity (Wildman–Crippen MR) is 141 cm³/mol. The fourth-order valence-corrected chi connectivity index (χ4v) is 5.19. The highest BCUT2D eigenvalue weighted by molar-refractivity contribution is 5.88. The molecule has 0 aromatic heterocycles. The summed E-state index contributed by atoms with van der Waals surface area (Å²) in [7, 11) is 1.64. The minimum atomic E-state index is -0.552. The molecule has 0 radical (unpaired) electrons. The van der Waals surface area contributed by atoms with Gasteiger partial charge in [0.1, 0.15) is 11.8 Å². The Hall–Kier alpha value is -3.33. The Morgan fingerprint density at radius 2 is 1.94 bits per heavy atom. The molecular formula is C30H39N3O3. The molecule has 1 aliphatic heterocycles. The molecule has 36 heavy (non-hydrogen) atoms. The summed E-state index contributed by atoms with van der Waals surface area (Å²) >= 11 is 0. The highest BCUT2D eigenvalue weighted by atomic mass is 16.5. The summed E-state index contributed by atoms with van der Waals surface area (Å²) in [5, 5.41) is 13.1. The average Bonchev–Trinajstić information content (AvgIpc) is 3.40. The number of hydrogen-bond acceptors (Lipinski definition) is 4. The van der Waals surface area contributed by atoms with E-state index >= 15 is 0 Å². The van der Waals surface area contributed by atoms with Crippen molar-refractivity contribution < 1.29 is 14.3 Å². The molecule has 0 spiro atoms. The lowest BCUT2D eigenvalue weighted by Gasteiger charge is -2.31. The van der Waals surface area contributed by atoms with Gasteiger partial charge in [0.2, 0.25) is 11.8 Å². The van der Waals surface area contributed by atoms with E-state index in [2.05, 4.69) is 25.2 Å². The maximum Gasteiger partial charge on any atom is 0.242 e. The summed E-state index contributed by atoms with van der Waals surface area (Å²) in [5.74, 6) is 0.934. The van der Waals surface area contributed by atoms with E-state index in [1.807, 2.05) is 54.6 Å². The Bertz CT molecular complexity index is 1050. The third-order valence-corrected chi connectivity index (χ3v) is 7.41. The third kappa shape index (κ3) is 6.66. The van der Waals surface area contributed by atoms with Gasteiger partial charge in [-0.1, -0.05) is 62.7 Å². The topological polar surface area (TPSA) is 82.4 Å². The molecule has 1 N–H and O–H groups in total. The van der Waals surface area contributed by atoms with E-state index in [4.69, 9.17) is 4.74 Å². The zero-order chi connectivity index (χ0) is 26.0. The number of benzene rings is 2. The smallest absolute Gasteiger partial charge is 0.242 e. The first-order chi connectivity index (χ1) is 17.4. The standard InChI is InChI=1S/C30H39N3O3/c1-23(2)30(22-31,25-12-5-4-6-13-25)18-8-7-16-28(34)33-20-10-15-27(33)29(35)32-19-17-24-11-9-14-26(21-24)36-3/h4-6,9,11-14,21,23,27H,7-8,10,15-20H2,1-3H3,(H,32,35)/t27-,30?/m1/s1. The number of amides is 2. The van der Waals surface area contributed by atoms with Crippen LogP contribution in [0.5, 0.6) is 5.75 Å². The number of hydrogen-bond donors (Lipinski definition) is 1. The van der Waals surface area contributed by atoms with Crippen LogP contribution in [0, 0.1) is 17.2 Å². The molecule has 1 aliphatic rings. The fraction of sp³-hybridized carbons (Fsp3) is 0.500. The normalized spacial score (nSPS) is 16.9. The van der Waals surface area contributed by atoms with Crippen LogP contribution in [0.25, 0.3) is 0 Å². The number of carbonyl (C=O) groups is 2. The quantitative estimate of drug-likeness (QED) is 0.424. The average molecular weight is 490 g/mol. The number of nitriles is 1. The van der Waals surface area contributed by atoms with Crippen molar-refractivity contribution >= 4 is 11.8 Å². The second-order valence-electron chi connectivity index (χ2n) is 9.95. The number of carbonyl (C=O) groups excluding carboxylic acids is 2. The molecule has 3 rings (SSSR count). The maximum absolute atomic E-state index is 13.0. The van der Waals surface area contributed by atoms with Crippen LogP contribution >= 0.6 is 0 Å². The summed E-state index contributed by atoms with van der Waals surface area (Å²) in [4.78, 5) is 27.6. The maximum atomic E-state index is 13.0. The lowest BCUT2D eigenvalue weighted by Crippen LogP contribution is -2.46. The second-order valence-corrected chi connectivity index (χ2v) is 9.95. The summed E-state index contributed by atoms with van der Waals surface area (Å²) in [6, 6.07) is 20.0. The largest absolute Gasteiger partial charge is 0.497 e. The van der Waals surface area contributed by atoms with Gasteiger partial charge in [-0.2, -0.15) is 5.26 Å². The van der Waals surface area contributed by atoms with Crippen LogP contribution in [-0.2, 0) is 21.4 Å². The zero-order valence-electron chi connectivity index (χ0n) is 21.8. The molecule has 0 bridgehead atoms. The SMILES string of the molecule is COc1cccc(CCNC(=O)[C@H]2CCCN2C(=O)CCCCC(C#N)(c2ccccc2)C(C)C)c1. The molecule has 2 aromatic rings. The van der Waals surface area contributed by atoms with Crippen LogP contribution in [-0.4, -0.2) is 43.0 Å². The Morgan fingerprint density at radius 1 is 1.17 bits per heavy atom. The van der Waals surface area contributed by atoms with Gasteiger partial charge in [0.15, 0.2) is 0 Å². The van der Waals surface area contributed by atoms with Gasteiger partial charge in [-0.3, -0.25) is 9.59 Å². The first-order valence-electron chi connectivity index (χ1n) is 13.1. The van der Waals surface area contributed by atoms with Crippen LogP contribution < -0.4 is 10.1 Å². The summed E-state index contributed by atoms with van der Waals surface area (Å²) in [6.45, 7) is 5.33. The Labute approximate surface area is 215 Å².